The molecule has 6 rings (SSSR count). The summed E-state index contributed by atoms with van der Waals surface area (Å²) in [6.07, 6.45) is 0. The van der Waals surface area contributed by atoms with E-state index in [1.807, 2.05) is 18.0 Å². The number of carbonyl (C=O) groups is 1. The zero-order valence-electron chi connectivity index (χ0n) is 19.7. The summed E-state index contributed by atoms with van der Waals surface area (Å²) in [6, 6.07) is 25.2. The van der Waals surface area contributed by atoms with Crippen LogP contribution in [0.15, 0.2) is 72.8 Å². The molecule has 4 heteroatoms. The molecule has 0 saturated carbocycles. The molecule has 0 bridgehead atoms. The smallest absolute Gasteiger partial charge is 0.246 e. The SMILES string of the molecule is Cc1c(C2(c3c(C)n(C)c4ccccc34)C(=O)N(C)c3ccccc32)c2ccccc2n1C. The van der Waals surface area contributed by atoms with Gasteiger partial charge in [-0.05, 0) is 32.0 Å². The van der Waals surface area contributed by atoms with Gasteiger partial charge in [-0.25, -0.2) is 0 Å². The molecule has 1 amide bonds. The number of nitrogens with zero attached hydrogens (tertiary/aromatic N) is 3. The Morgan fingerprint density at radius 2 is 1.09 bits per heavy atom. The van der Waals surface area contributed by atoms with Gasteiger partial charge in [0.25, 0.3) is 0 Å². The first-order valence-electron chi connectivity index (χ1n) is 11.4. The van der Waals surface area contributed by atoms with Gasteiger partial charge in [0.15, 0.2) is 0 Å². The molecule has 0 unspecified atom stereocenters. The van der Waals surface area contributed by atoms with Crippen molar-refractivity contribution >= 4 is 33.4 Å². The third-order valence-corrected chi connectivity index (χ3v) is 7.84. The van der Waals surface area contributed by atoms with Crippen LogP contribution in [0.2, 0.25) is 0 Å². The number of aromatic nitrogens is 2. The van der Waals surface area contributed by atoms with Crippen molar-refractivity contribution in [3.05, 3.63) is 101 Å². The number of hydrogen-bond acceptors (Lipinski definition) is 1. The van der Waals surface area contributed by atoms with E-state index in [2.05, 4.69) is 104 Å². The minimum absolute atomic E-state index is 0.0996. The molecule has 2 aromatic heterocycles. The molecular formula is C29H27N3O. The van der Waals surface area contributed by atoms with Crippen LogP contribution in [0.4, 0.5) is 5.69 Å². The van der Waals surface area contributed by atoms with Gasteiger partial charge in [0.05, 0.1) is 0 Å². The third kappa shape index (κ3) is 2.23. The lowest BCUT2D eigenvalue weighted by atomic mass is 9.68. The normalized spacial score (nSPS) is 15.1. The number of aryl methyl sites for hydroxylation is 2. The predicted molar refractivity (Wildman–Crippen MR) is 135 cm³/mol. The second-order valence-electron chi connectivity index (χ2n) is 9.20. The highest BCUT2D eigenvalue weighted by Gasteiger charge is 2.56. The first-order chi connectivity index (χ1) is 15.9. The second kappa shape index (κ2) is 6.61. The Morgan fingerprint density at radius 1 is 0.636 bits per heavy atom. The number of rotatable bonds is 2. The highest BCUT2D eigenvalue weighted by atomic mass is 16.2. The molecular weight excluding hydrogens is 406 g/mol. The van der Waals surface area contributed by atoms with Crippen molar-refractivity contribution in [3.63, 3.8) is 0 Å². The maximum Gasteiger partial charge on any atom is 0.246 e. The molecule has 0 saturated heterocycles. The number of likely N-dealkylation sites (N-methyl/N-ethyl adjacent to an activating group) is 1. The number of amides is 1. The Morgan fingerprint density at radius 3 is 1.64 bits per heavy atom. The van der Waals surface area contributed by atoms with Crippen molar-refractivity contribution < 1.29 is 4.79 Å². The van der Waals surface area contributed by atoms with E-state index in [-0.39, 0.29) is 5.91 Å². The fraction of sp³-hybridized carbons (Fsp3) is 0.207. The van der Waals surface area contributed by atoms with Crippen LogP contribution in [-0.2, 0) is 24.3 Å². The van der Waals surface area contributed by atoms with E-state index in [9.17, 15) is 4.79 Å². The van der Waals surface area contributed by atoms with Gasteiger partial charge in [0.2, 0.25) is 5.91 Å². The summed E-state index contributed by atoms with van der Waals surface area (Å²) in [5.74, 6) is 0.0996. The molecule has 1 aliphatic rings. The van der Waals surface area contributed by atoms with E-state index in [0.717, 1.165) is 55.6 Å². The Labute approximate surface area is 193 Å². The molecule has 0 spiro atoms. The van der Waals surface area contributed by atoms with Gasteiger partial charge in [0.1, 0.15) is 5.41 Å². The molecule has 3 aromatic carbocycles. The van der Waals surface area contributed by atoms with Gasteiger partial charge >= 0.3 is 0 Å². The Kier molecular flexibility index (Phi) is 3.98. The highest BCUT2D eigenvalue weighted by Crippen LogP contribution is 2.55. The van der Waals surface area contributed by atoms with Crippen LogP contribution < -0.4 is 4.90 Å². The topological polar surface area (TPSA) is 30.2 Å². The quantitative estimate of drug-likeness (QED) is 0.357. The summed E-state index contributed by atoms with van der Waals surface area (Å²) in [7, 11) is 6.10. The zero-order chi connectivity index (χ0) is 23.1. The number of anilines is 1. The fourth-order valence-corrected chi connectivity index (χ4v) is 6.16. The largest absolute Gasteiger partial charge is 0.348 e. The minimum Gasteiger partial charge on any atom is -0.348 e. The number of hydrogen-bond donors (Lipinski definition) is 0. The summed E-state index contributed by atoms with van der Waals surface area (Å²) in [5, 5.41) is 2.26. The maximum absolute atomic E-state index is 14.6. The van der Waals surface area contributed by atoms with Gasteiger partial charge in [-0.15, -0.1) is 0 Å². The summed E-state index contributed by atoms with van der Waals surface area (Å²) in [4.78, 5) is 16.4. The van der Waals surface area contributed by atoms with Gasteiger partial charge < -0.3 is 14.0 Å². The molecule has 1 aliphatic heterocycles. The molecule has 0 aliphatic carbocycles. The fourth-order valence-electron chi connectivity index (χ4n) is 6.16. The van der Waals surface area contributed by atoms with Gasteiger partial charge in [0, 0.05) is 76.7 Å². The van der Waals surface area contributed by atoms with E-state index < -0.39 is 5.41 Å². The van der Waals surface area contributed by atoms with E-state index in [1.54, 1.807) is 0 Å². The Hall–Kier alpha value is -3.79. The molecule has 5 aromatic rings. The van der Waals surface area contributed by atoms with Crippen molar-refractivity contribution in [3.8, 4) is 0 Å². The average molecular weight is 434 g/mol. The van der Waals surface area contributed by atoms with Crippen molar-refractivity contribution in [1.82, 2.24) is 9.13 Å². The standard InChI is InChI=1S/C29H27N3O/c1-18-26(20-12-6-9-15-23(20)30(18)3)29(22-14-8-11-17-25(22)32(5)28(29)33)27-19(2)31(4)24-16-10-7-13-21(24)27/h6-17H,1-5H3. The Bertz CT molecular complexity index is 1510. The van der Waals surface area contributed by atoms with Gasteiger partial charge in [-0.2, -0.15) is 0 Å². The number of benzene rings is 3. The summed E-state index contributed by atoms with van der Waals surface area (Å²) < 4.78 is 4.45. The van der Waals surface area contributed by atoms with Crippen LogP contribution in [0.3, 0.4) is 0 Å². The second-order valence-corrected chi connectivity index (χ2v) is 9.20. The Balaban J connectivity index is 1.91. The molecule has 164 valence electrons. The molecule has 3 heterocycles. The van der Waals surface area contributed by atoms with Crippen LogP contribution in [-0.4, -0.2) is 22.1 Å². The van der Waals surface area contributed by atoms with E-state index in [4.69, 9.17) is 0 Å². The van der Waals surface area contributed by atoms with Crippen molar-refractivity contribution in [2.45, 2.75) is 19.3 Å². The van der Waals surface area contributed by atoms with Crippen LogP contribution in [0.5, 0.6) is 0 Å². The predicted octanol–water partition coefficient (Wildman–Crippen LogP) is 5.60. The third-order valence-electron chi connectivity index (χ3n) is 7.84. The lowest BCUT2D eigenvalue weighted by Gasteiger charge is -2.31. The van der Waals surface area contributed by atoms with Gasteiger partial charge in [-0.3, -0.25) is 4.79 Å². The lowest BCUT2D eigenvalue weighted by molar-refractivity contribution is -0.120. The van der Waals surface area contributed by atoms with Crippen LogP contribution in [0.1, 0.15) is 28.1 Å². The first kappa shape index (κ1) is 19.9. The first-order valence-corrected chi connectivity index (χ1v) is 11.4. The lowest BCUT2D eigenvalue weighted by Crippen LogP contribution is -2.41. The number of fused-ring (bicyclic) bond motifs is 3. The van der Waals surface area contributed by atoms with Crippen LogP contribution in [0.25, 0.3) is 21.8 Å². The van der Waals surface area contributed by atoms with Crippen molar-refractivity contribution in [2.24, 2.45) is 14.1 Å². The zero-order valence-corrected chi connectivity index (χ0v) is 19.7. The summed E-state index contributed by atoms with van der Waals surface area (Å²) in [5.41, 5.74) is 7.77. The molecule has 0 radical (unpaired) electrons. The monoisotopic (exact) mass is 433 g/mol. The summed E-state index contributed by atoms with van der Waals surface area (Å²) >= 11 is 0. The van der Waals surface area contributed by atoms with Crippen LogP contribution >= 0.6 is 0 Å². The molecule has 4 nitrogen and oxygen atoms in total. The van der Waals surface area contributed by atoms with E-state index >= 15 is 0 Å². The van der Waals surface area contributed by atoms with E-state index in [1.165, 1.54) is 0 Å². The molecule has 0 atom stereocenters. The molecule has 0 N–H and O–H groups in total. The van der Waals surface area contributed by atoms with Gasteiger partial charge in [-0.1, -0.05) is 54.6 Å². The number of para-hydroxylation sites is 3. The average Bonchev–Trinajstić information content (AvgIpc) is 3.34. The minimum atomic E-state index is -0.929. The number of carbonyl (C=O) groups excluding carboxylic acids is 1. The maximum atomic E-state index is 14.6. The summed E-state index contributed by atoms with van der Waals surface area (Å²) in [6.45, 7) is 4.29. The molecule has 0 fully saturated rings. The molecule has 33 heavy (non-hydrogen) atoms. The van der Waals surface area contributed by atoms with E-state index in [0.29, 0.717) is 0 Å². The van der Waals surface area contributed by atoms with Crippen LogP contribution in [0, 0.1) is 13.8 Å². The van der Waals surface area contributed by atoms with Crippen molar-refractivity contribution in [2.75, 3.05) is 11.9 Å². The van der Waals surface area contributed by atoms with Crippen molar-refractivity contribution in [1.29, 1.82) is 0 Å². The highest BCUT2D eigenvalue weighted by molar-refractivity contribution is 6.17.